The Kier molecular flexibility index (Phi) is 11.4. The fraction of sp³-hybridized carbons (Fsp3) is 0.375. The lowest BCUT2D eigenvalue weighted by molar-refractivity contribution is -0.140. The molecule has 0 heterocycles. The minimum Gasteiger partial charge on any atom is -0.495 e. The topological polar surface area (TPSA) is 96.0 Å². The van der Waals surface area contributed by atoms with Crippen LogP contribution in [0.15, 0.2) is 71.6 Å². The molecule has 0 fully saturated rings. The van der Waals surface area contributed by atoms with E-state index in [4.69, 9.17) is 16.3 Å². The number of nitrogens with one attached hydrogen (secondary N) is 1. The van der Waals surface area contributed by atoms with Gasteiger partial charge in [0.15, 0.2) is 0 Å². The monoisotopic (exact) mass is 613 g/mol. The first-order valence-electron chi connectivity index (χ1n) is 14.0. The normalized spacial score (nSPS) is 12.7. The van der Waals surface area contributed by atoms with Crippen LogP contribution in [0, 0.1) is 13.8 Å². The number of anilines is 1. The number of nitrogens with zero attached hydrogens (tertiary/aromatic N) is 2. The van der Waals surface area contributed by atoms with E-state index in [-0.39, 0.29) is 29.1 Å². The number of halogens is 1. The SMILES string of the molecule is CC[C@H](C(=O)N[C@@H](C)CC)N(Cc1ccc(Cl)cc1)C(=O)CN(c1cc(C)ccc1OC)S(=O)(=O)c1ccc(C)cc1. The van der Waals surface area contributed by atoms with Gasteiger partial charge in [-0.05, 0) is 81.1 Å². The van der Waals surface area contributed by atoms with Crippen molar-refractivity contribution in [1.82, 2.24) is 10.2 Å². The molecule has 0 spiro atoms. The van der Waals surface area contributed by atoms with E-state index in [0.29, 0.717) is 17.2 Å². The Morgan fingerprint density at radius 2 is 1.55 bits per heavy atom. The van der Waals surface area contributed by atoms with E-state index in [1.54, 1.807) is 54.6 Å². The quantitative estimate of drug-likeness (QED) is 0.260. The number of hydrogen-bond donors (Lipinski definition) is 1. The van der Waals surface area contributed by atoms with Crippen LogP contribution in [0.2, 0.25) is 5.02 Å². The molecule has 8 nitrogen and oxygen atoms in total. The van der Waals surface area contributed by atoms with Gasteiger partial charge in [-0.3, -0.25) is 13.9 Å². The zero-order chi connectivity index (χ0) is 31.0. The third-order valence-corrected chi connectivity index (χ3v) is 9.17. The van der Waals surface area contributed by atoms with Crippen LogP contribution in [0.5, 0.6) is 5.75 Å². The van der Waals surface area contributed by atoms with Gasteiger partial charge in [0.25, 0.3) is 10.0 Å². The number of carbonyl (C=O) groups excluding carboxylic acids is 2. The molecule has 3 rings (SSSR count). The maximum absolute atomic E-state index is 14.2. The molecule has 0 bridgehead atoms. The first-order valence-corrected chi connectivity index (χ1v) is 15.8. The summed E-state index contributed by atoms with van der Waals surface area (Å²) < 4.78 is 34.9. The Labute approximate surface area is 254 Å². The number of aryl methyl sites for hydroxylation is 2. The maximum Gasteiger partial charge on any atom is 0.264 e. The standard InChI is InChI=1S/C32H40ClN3O5S/c1-7-24(5)34-32(38)28(8-2)35(20-25-12-14-26(33)15-13-25)31(37)21-36(29-19-23(4)11-18-30(29)41-6)42(39,40)27-16-9-22(3)10-17-27/h9-19,24,28H,7-8,20-21H2,1-6H3,(H,34,38)/t24-,28+/m0/s1. The number of methoxy groups -OCH3 is 1. The maximum atomic E-state index is 14.2. The fourth-order valence-corrected chi connectivity index (χ4v) is 6.04. The number of amides is 2. The summed E-state index contributed by atoms with van der Waals surface area (Å²) >= 11 is 6.09. The number of carbonyl (C=O) groups is 2. The van der Waals surface area contributed by atoms with Crippen molar-refractivity contribution in [2.75, 3.05) is 18.0 Å². The molecular formula is C32H40ClN3O5S. The van der Waals surface area contributed by atoms with Gasteiger partial charge in [-0.1, -0.05) is 61.3 Å². The third kappa shape index (κ3) is 8.04. The molecule has 3 aromatic carbocycles. The number of hydrogen-bond acceptors (Lipinski definition) is 5. The molecule has 0 aromatic heterocycles. The Bertz CT molecular complexity index is 1480. The summed E-state index contributed by atoms with van der Waals surface area (Å²) in [6.07, 6.45) is 1.06. The van der Waals surface area contributed by atoms with E-state index in [0.717, 1.165) is 27.4 Å². The zero-order valence-corrected chi connectivity index (χ0v) is 26.6. The second-order valence-electron chi connectivity index (χ2n) is 10.4. The first kappa shape index (κ1) is 32.9. The van der Waals surface area contributed by atoms with Gasteiger partial charge in [0, 0.05) is 17.6 Å². The molecule has 0 unspecified atom stereocenters. The highest BCUT2D eigenvalue weighted by Gasteiger charge is 2.35. The van der Waals surface area contributed by atoms with Crippen molar-refractivity contribution in [3.05, 3.63) is 88.4 Å². The molecule has 0 aliphatic heterocycles. The van der Waals surface area contributed by atoms with E-state index in [1.165, 1.54) is 24.1 Å². The molecule has 0 aliphatic rings. The molecule has 10 heteroatoms. The summed E-state index contributed by atoms with van der Waals surface area (Å²) in [6, 6.07) is 17.7. The van der Waals surface area contributed by atoms with E-state index >= 15 is 0 Å². The Hall–Kier alpha value is -3.56. The Morgan fingerprint density at radius 3 is 2.12 bits per heavy atom. The molecule has 2 amide bonds. The summed E-state index contributed by atoms with van der Waals surface area (Å²) in [4.78, 5) is 29.1. The average molecular weight is 614 g/mol. The van der Waals surface area contributed by atoms with Crippen LogP contribution in [-0.2, 0) is 26.2 Å². The summed E-state index contributed by atoms with van der Waals surface area (Å²) in [6.45, 7) is 8.93. The van der Waals surface area contributed by atoms with Gasteiger partial charge >= 0.3 is 0 Å². The fourth-order valence-electron chi connectivity index (χ4n) is 4.49. The highest BCUT2D eigenvalue weighted by molar-refractivity contribution is 7.92. The van der Waals surface area contributed by atoms with Gasteiger partial charge in [-0.2, -0.15) is 0 Å². The van der Waals surface area contributed by atoms with Crippen molar-refractivity contribution < 1.29 is 22.7 Å². The van der Waals surface area contributed by atoms with Crippen LogP contribution in [-0.4, -0.2) is 50.9 Å². The van der Waals surface area contributed by atoms with Crippen molar-refractivity contribution in [3.63, 3.8) is 0 Å². The Balaban J connectivity index is 2.12. The van der Waals surface area contributed by atoms with Crippen LogP contribution in [0.25, 0.3) is 0 Å². The van der Waals surface area contributed by atoms with E-state index < -0.39 is 28.5 Å². The lowest BCUT2D eigenvalue weighted by Gasteiger charge is -2.34. The van der Waals surface area contributed by atoms with Crippen molar-refractivity contribution in [2.45, 2.75) is 71.0 Å². The van der Waals surface area contributed by atoms with Crippen LogP contribution in [0.3, 0.4) is 0 Å². The predicted octanol–water partition coefficient (Wildman–Crippen LogP) is 5.88. The molecule has 0 radical (unpaired) electrons. The molecular weight excluding hydrogens is 574 g/mol. The van der Waals surface area contributed by atoms with Gasteiger partial charge in [-0.25, -0.2) is 8.42 Å². The molecule has 1 N–H and O–H groups in total. The lowest BCUT2D eigenvalue weighted by Crippen LogP contribution is -2.53. The lowest BCUT2D eigenvalue weighted by atomic mass is 10.1. The van der Waals surface area contributed by atoms with Crippen LogP contribution >= 0.6 is 11.6 Å². The first-order chi connectivity index (χ1) is 19.9. The molecule has 42 heavy (non-hydrogen) atoms. The van der Waals surface area contributed by atoms with E-state index in [1.807, 2.05) is 34.6 Å². The van der Waals surface area contributed by atoms with Crippen molar-refractivity contribution >= 4 is 39.1 Å². The van der Waals surface area contributed by atoms with Crippen molar-refractivity contribution in [1.29, 1.82) is 0 Å². The molecule has 0 saturated carbocycles. The smallest absolute Gasteiger partial charge is 0.264 e. The molecule has 226 valence electrons. The molecule has 3 aromatic rings. The highest BCUT2D eigenvalue weighted by Crippen LogP contribution is 2.34. The van der Waals surface area contributed by atoms with Crippen LogP contribution < -0.4 is 14.4 Å². The highest BCUT2D eigenvalue weighted by atomic mass is 35.5. The van der Waals surface area contributed by atoms with Gasteiger partial charge < -0.3 is 15.0 Å². The van der Waals surface area contributed by atoms with Crippen LogP contribution in [0.1, 0.15) is 50.3 Å². The van der Waals surface area contributed by atoms with Gasteiger partial charge in [0.1, 0.15) is 18.3 Å². The zero-order valence-electron chi connectivity index (χ0n) is 25.1. The van der Waals surface area contributed by atoms with Gasteiger partial charge in [0.2, 0.25) is 11.8 Å². The summed E-state index contributed by atoms with van der Waals surface area (Å²) in [5, 5.41) is 3.52. The molecule has 2 atom stereocenters. The number of sulfonamides is 1. The van der Waals surface area contributed by atoms with Crippen molar-refractivity contribution in [2.24, 2.45) is 0 Å². The summed E-state index contributed by atoms with van der Waals surface area (Å²) in [5.41, 5.74) is 2.68. The average Bonchev–Trinajstić information content (AvgIpc) is 2.96. The van der Waals surface area contributed by atoms with E-state index in [2.05, 4.69) is 5.32 Å². The third-order valence-electron chi connectivity index (χ3n) is 7.14. The molecule has 0 aliphatic carbocycles. The van der Waals surface area contributed by atoms with Crippen molar-refractivity contribution in [3.8, 4) is 5.75 Å². The second kappa shape index (κ2) is 14.6. The number of benzene rings is 3. The second-order valence-corrected chi connectivity index (χ2v) is 12.7. The summed E-state index contributed by atoms with van der Waals surface area (Å²) in [7, 11) is -2.76. The largest absolute Gasteiger partial charge is 0.495 e. The number of rotatable bonds is 13. The molecule has 0 saturated heterocycles. The minimum absolute atomic E-state index is 0.0373. The van der Waals surface area contributed by atoms with Gasteiger partial charge in [-0.15, -0.1) is 0 Å². The number of ether oxygens (including phenoxy) is 1. The van der Waals surface area contributed by atoms with Gasteiger partial charge in [0.05, 0.1) is 17.7 Å². The van der Waals surface area contributed by atoms with E-state index in [9.17, 15) is 18.0 Å². The predicted molar refractivity (Wildman–Crippen MR) is 167 cm³/mol. The van der Waals surface area contributed by atoms with Crippen LogP contribution in [0.4, 0.5) is 5.69 Å². The summed E-state index contributed by atoms with van der Waals surface area (Å²) in [5.74, 6) is -0.527. The Morgan fingerprint density at radius 1 is 0.929 bits per heavy atom. The minimum atomic E-state index is -4.22.